The van der Waals surface area contributed by atoms with Gasteiger partial charge in [0.25, 0.3) is 0 Å². The van der Waals surface area contributed by atoms with E-state index in [9.17, 15) is 0 Å². The summed E-state index contributed by atoms with van der Waals surface area (Å²) in [5, 5.41) is 0. The van der Waals surface area contributed by atoms with Crippen LogP contribution in [0.2, 0.25) is 0 Å². The van der Waals surface area contributed by atoms with Gasteiger partial charge < -0.3 is 5.73 Å². The van der Waals surface area contributed by atoms with Crippen LogP contribution in [0.25, 0.3) is 0 Å². The van der Waals surface area contributed by atoms with E-state index in [0.29, 0.717) is 12.5 Å². The van der Waals surface area contributed by atoms with E-state index in [1.54, 1.807) is 0 Å². The standard InChI is InChI=1S/C11H17NS/c1-9(8-13-2)11-6-4-3-5-10(11)7-12/h3-6,9H,7-8,12H2,1-2H3. The van der Waals surface area contributed by atoms with Gasteiger partial charge in [-0.2, -0.15) is 11.8 Å². The van der Waals surface area contributed by atoms with Crippen molar-refractivity contribution < 1.29 is 0 Å². The van der Waals surface area contributed by atoms with E-state index < -0.39 is 0 Å². The van der Waals surface area contributed by atoms with Crippen molar-refractivity contribution in [1.82, 2.24) is 0 Å². The number of rotatable bonds is 4. The average Bonchev–Trinajstić information content (AvgIpc) is 2.18. The van der Waals surface area contributed by atoms with Crippen molar-refractivity contribution >= 4 is 11.8 Å². The first-order chi connectivity index (χ1) is 6.29. The molecule has 0 aliphatic rings. The molecule has 72 valence electrons. The number of hydrogen-bond acceptors (Lipinski definition) is 2. The fraction of sp³-hybridized carbons (Fsp3) is 0.455. The molecule has 2 N–H and O–H groups in total. The highest BCUT2D eigenvalue weighted by Gasteiger charge is 2.07. The Balaban J connectivity index is 2.85. The Morgan fingerprint density at radius 2 is 2.08 bits per heavy atom. The molecule has 1 unspecified atom stereocenters. The van der Waals surface area contributed by atoms with Crippen molar-refractivity contribution in [2.45, 2.75) is 19.4 Å². The van der Waals surface area contributed by atoms with Crippen molar-refractivity contribution in [3.63, 3.8) is 0 Å². The zero-order chi connectivity index (χ0) is 9.68. The second-order valence-corrected chi connectivity index (χ2v) is 4.17. The third-order valence-electron chi connectivity index (χ3n) is 2.22. The molecule has 0 fully saturated rings. The lowest BCUT2D eigenvalue weighted by Gasteiger charge is -2.14. The minimum atomic E-state index is 0.606. The second kappa shape index (κ2) is 5.30. The number of hydrogen-bond donors (Lipinski definition) is 1. The highest BCUT2D eigenvalue weighted by atomic mass is 32.2. The minimum Gasteiger partial charge on any atom is -0.326 e. The average molecular weight is 195 g/mol. The maximum absolute atomic E-state index is 5.68. The molecular weight excluding hydrogens is 178 g/mol. The Hall–Kier alpha value is -0.470. The van der Waals surface area contributed by atoms with Crippen LogP contribution in [-0.2, 0) is 6.54 Å². The lowest BCUT2D eigenvalue weighted by molar-refractivity contribution is 0.852. The van der Waals surface area contributed by atoms with Crippen LogP contribution in [0.3, 0.4) is 0 Å². The van der Waals surface area contributed by atoms with E-state index in [1.807, 2.05) is 11.8 Å². The lowest BCUT2D eigenvalue weighted by atomic mass is 9.97. The molecule has 1 aromatic carbocycles. The van der Waals surface area contributed by atoms with Crippen molar-refractivity contribution in [1.29, 1.82) is 0 Å². The Labute approximate surface area is 84.7 Å². The topological polar surface area (TPSA) is 26.0 Å². The van der Waals surface area contributed by atoms with Crippen LogP contribution in [0, 0.1) is 0 Å². The van der Waals surface area contributed by atoms with Gasteiger partial charge in [-0.25, -0.2) is 0 Å². The summed E-state index contributed by atoms with van der Waals surface area (Å²) >= 11 is 1.88. The van der Waals surface area contributed by atoms with Crippen LogP contribution in [0.5, 0.6) is 0 Å². The molecule has 0 heterocycles. The van der Waals surface area contributed by atoms with Crippen LogP contribution in [0.4, 0.5) is 0 Å². The summed E-state index contributed by atoms with van der Waals surface area (Å²) in [7, 11) is 0. The Morgan fingerprint density at radius 3 is 2.69 bits per heavy atom. The predicted molar refractivity (Wildman–Crippen MR) is 61.1 cm³/mol. The quantitative estimate of drug-likeness (QED) is 0.799. The fourth-order valence-corrected chi connectivity index (χ4v) is 2.22. The third-order valence-corrected chi connectivity index (χ3v) is 3.06. The van der Waals surface area contributed by atoms with Crippen molar-refractivity contribution in [3.8, 4) is 0 Å². The largest absolute Gasteiger partial charge is 0.326 e. The van der Waals surface area contributed by atoms with Gasteiger partial charge >= 0.3 is 0 Å². The zero-order valence-corrected chi connectivity index (χ0v) is 9.10. The van der Waals surface area contributed by atoms with Gasteiger partial charge in [-0.15, -0.1) is 0 Å². The summed E-state index contributed by atoms with van der Waals surface area (Å²) in [6.45, 7) is 2.90. The zero-order valence-electron chi connectivity index (χ0n) is 8.29. The summed E-state index contributed by atoms with van der Waals surface area (Å²) in [5.74, 6) is 1.77. The first-order valence-corrected chi connectivity index (χ1v) is 5.95. The van der Waals surface area contributed by atoms with Gasteiger partial charge in [0.15, 0.2) is 0 Å². The van der Waals surface area contributed by atoms with Gasteiger partial charge in [0.05, 0.1) is 0 Å². The fourth-order valence-electron chi connectivity index (χ4n) is 1.54. The number of thioether (sulfide) groups is 1. The molecule has 0 saturated heterocycles. The molecule has 0 aliphatic carbocycles. The number of nitrogens with two attached hydrogens (primary N) is 1. The molecule has 1 aromatic rings. The Morgan fingerprint density at radius 1 is 1.38 bits per heavy atom. The van der Waals surface area contributed by atoms with Crippen LogP contribution in [0.15, 0.2) is 24.3 Å². The highest BCUT2D eigenvalue weighted by Crippen LogP contribution is 2.22. The van der Waals surface area contributed by atoms with Crippen molar-refractivity contribution in [2.75, 3.05) is 12.0 Å². The molecule has 0 amide bonds. The van der Waals surface area contributed by atoms with E-state index in [4.69, 9.17) is 5.73 Å². The van der Waals surface area contributed by atoms with Gasteiger partial charge in [0, 0.05) is 6.54 Å². The monoisotopic (exact) mass is 195 g/mol. The summed E-state index contributed by atoms with van der Waals surface area (Å²) in [4.78, 5) is 0. The molecule has 0 bridgehead atoms. The molecule has 0 spiro atoms. The molecule has 2 heteroatoms. The van der Waals surface area contributed by atoms with Crippen molar-refractivity contribution in [2.24, 2.45) is 5.73 Å². The predicted octanol–water partition coefficient (Wildman–Crippen LogP) is 2.61. The molecule has 0 aromatic heterocycles. The normalized spacial score (nSPS) is 12.8. The van der Waals surface area contributed by atoms with Gasteiger partial charge in [-0.05, 0) is 29.1 Å². The molecular formula is C11H17NS. The van der Waals surface area contributed by atoms with Crippen LogP contribution >= 0.6 is 11.8 Å². The van der Waals surface area contributed by atoms with E-state index in [2.05, 4.69) is 37.4 Å². The van der Waals surface area contributed by atoms with Crippen molar-refractivity contribution in [3.05, 3.63) is 35.4 Å². The summed E-state index contributed by atoms with van der Waals surface area (Å²) in [6.07, 6.45) is 2.14. The van der Waals surface area contributed by atoms with E-state index in [1.165, 1.54) is 11.1 Å². The maximum atomic E-state index is 5.68. The maximum Gasteiger partial charge on any atom is 0.0180 e. The Kier molecular flexibility index (Phi) is 4.33. The van der Waals surface area contributed by atoms with E-state index in [0.717, 1.165) is 5.75 Å². The van der Waals surface area contributed by atoms with E-state index in [-0.39, 0.29) is 0 Å². The van der Waals surface area contributed by atoms with Gasteiger partial charge in [0.1, 0.15) is 0 Å². The molecule has 13 heavy (non-hydrogen) atoms. The molecule has 0 saturated carbocycles. The molecule has 1 nitrogen and oxygen atoms in total. The van der Waals surface area contributed by atoms with Gasteiger partial charge in [0.2, 0.25) is 0 Å². The molecule has 0 aliphatic heterocycles. The lowest BCUT2D eigenvalue weighted by Crippen LogP contribution is -2.05. The molecule has 0 radical (unpaired) electrons. The molecule has 1 rings (SSSR count). The third kappa shape index (κ3) is 2.75. The minimum absolute atomic E-state index is 0.606. The summed E-state index contributed by atoms with van der Waals surface area (Å²) < 4.78 is 0. The molecule has 1 atom stereocenters. The van der Waals surface area contributed by atoms with Gasteiger partial charge in [-0.3, -0.25) is 0 Å². The van der Waals surface area contributed by atoms with Crippen LogP contribution in [0.1, 0.15) is 24.0 Å². The summed E-state index contributed by atoms with van der Waals surface area (Å²) in [5.41, 5.74) is 8.36. The van der Waals surface area contributed by atoms with Gasteiger partial charge in [-0.1, -0.05) is 31.2 Å². The highest BCUT2D eigenvalue weighted by molar-refractivity contribution is 7.98. The SMILES string of the molecule is CSCC(C)c1ccccc1CN. The van der Waals surface area contributed by atoms with Crippen LogP contribution < -0.4 is 5.73 Å². The first-order valence-electron chi connectivity index (χ1n) is 4.56. The number of benzene rings is 1. The smallest absolute Gasteiger partial charge is 0.0180 e. The first kappa shape index (κ1) is 10.6. The Bertz CT molecular complexity index is 260. The second-order valence-electron chi connectivity index (χ2n) is 3.26. The van der Waals surface area contributed by atoms with Crippen LogP contribution in [-0.4, -0.2) is 12.0 Å². The summed E-state index contributed by atoms with van der Waals surface area (Å²) in [6, 6.07) is 8.44. The van der Waals surface area contributed by atoms with E-state index >= 15 is 0 Å².